The Hall–Kier alpha value is -1.59. The van der Waals surface area contributed by atoms with Gasteiger partial charge >= 0.3 is 6.09 Å². The molecule has 2 fully saturated rings. The van der Waals surface area contributed by atoms with Crippen molar-refractivity contribution in [2.45, 2.75) is 71.8 Å². The third kappa shape index (κ3) is 7.71. The minimum atomic E-state index is -0.421. The first kappa shape index (κ1) is 27.0. The van der Waals surface area contributed by atoms with E-state index in [-0.39, 0.29) is 6.09 Å². The molecule has 1 aromatic carbocycles. The van der Waals surface area contributed by atoms with E-state index in [2.05, 4.69) is 71.1 Å². The molecule has 188 valence electrons. The van der Waals surface area contributed by atoms with Gasteiger partial charge in [-0.2, -0.15) is 0 Å². The molecule has 0 bridgehead atoms. The van der Waals surface area contributed by atoms with E-state index in [0.29, 0.717) is 5.92 Å². The maximum atomic E-state index is 12.4. The van der Waals surface area contributed by atoms with Crippen LogP contribution < -0.4 is 0 Å². The van der Waals surface area contributed by atoms with Gasteiger partial charge in [-0.25, -0.2) is 4.79 Å². The lowest BCUT2D eigenvalue weighted by Gasteiger charge is -2.41. The Morgan fingerprint density at radius 3 is 2.29 bits per heavy atom. The van der Waals surface area contributed by atoms with Crippen LogP contribution in [-0.4, -0.2) is 54.2 Å². The Kier molecular flexibility index (Phi) is 9.84. The van der Waals surface area contributed by atoms with E-state index in [1.807, 2.05) is 30.7 Å². The molecule has 2 heterocycles. The van der Waals surface area contributed by atoms with Crippen molar-refractivity contribution in [1.82, 2.24) is 9.80 Å². The molecule has 0 N–H and O–H groups in total. The highest BCUT2D eigenvalue weighted by atomic mass is 79.9. The lowest BCUT2D eigenvalue weighted by Crippen LogP contribution is -2.44. The number of hydrogen-bond acceptors (Lipinski definition) is 3. The summed E-state index contributed by atoms with van der Waals surface area (Å²) in [6.07, 6.45) is 11.3. The van der Waals surface area contributed by atoms with Crippen LogP contribution in [0, 0.1) is 18.8 Å². The second-order valence-corrected chi connectivity index (χ2v) is 11.5. The maximum Gasteiger partial charge on any atom is 0.410 e. The van der Waals surface area contributed by atoms with Gasteiger partial charge in [0, 0.05) is 25.6 Å². The zero-order valence-electron chi connectivity index (χ0n) is 21.7. The monoisotopic (exact) mass is 530 g/mol. The van der Waals surface area contributed by atoms with Crippen LogP contribution in [0.2, 0.25) is 0 Å². The van der Waals surface area contributed by atoms with Gasteiger partial charge in [0.2, 0.25) is 0 Å². The first-order chi connectivity index (χ1) is 16.2. The highest BCUT2D eigenvalue weighted by Crippen LogP contribution is 2.34. The highest BCUT2D eigenvalue weighted by Gasteiger charge is 2.32. The SMILES string of the molecule is C/C=C/C(CN1CCC(C2CCN(C(=O)OC(C)(C)C)CC2)CC1)c1ccc(C)cc1/C=C/Br. The minimum absolute atomic E-state index is 0.152. The molecular weight excluding hydrogens is 488 g/mol. The molecule has 0 aliphatic carbocycles. The van der Waals surface area contributed by atoms with E-state index >= 15 is 0 Å². The first-order valence-electron chi connectivity index (χ1n) is 12.9. The van der Waals surface area contributed by atoms with Crippen molar-refractivity contribution in [1.29, 1.82) is 0 Å². The van der Waals surface area contributed by atoms with Crippen LogP contribution in [-0.2, 0) is 4.74 Å². The van der Waals surface area contributed by atoms with Gasteiger partial charge in [-0.15, -0.1) is 0 Å². The van der Waals surface area contributed by atoms with Gasteiger partial charge in [-0.05, 0) is 107 Å². The Labute approximate surface area is 215 Å². The van der Waals surface area contributed by atoms with E-state index < -0.39 is 5.60 Å². The van der Waals surface area contributed by atoms with Gasteiger partial charge in [0.1, 0.15) is 5.60 Å². The zero-order chi connectivity index (χ0) is 24.7. The summed E-state index contributed by atoms with van der Waals surface area (Å²) in [5, 5.41) is 0. The fraction of sp³-hybridized carbons (Fsp3) is 0.621. The molecule has 34 heavy (non-hydrogen) atoms. The number of benzene rings is 1. The number of allylic oxidation sites excluding steroid dienone is 1. The van der Waals surface area contributed by atoms with Crippen LogP contribution in [0.25, 0.3) is 6.08 Å². The summed E-state index contributed by atoms with van der Waals surface area (Å²) >= 11 is 3.46. The Balaban J connectivity index is 1.52. The molecule has 2 saturated heterocycles. The Morgan fingerprint density at radius 1 is 1.12 bits per heavy atom. The van der Waals surface area contributed by atoms with Crippen LogP contribution in [0.5, 0.6) is 0 Å². The molecule has 1 amide bonds. The lowest BCUT2D eigenvalue weighted by atomic mass is 9.78. The average molecular weight is 532 g/mol. The Morgan fingerprint density at radius 2 is 1.74 bits per heavy atom. The Bertz CT molecular complexity index is 857. The molecule has 1 aromatic rings. The van der Waals surface area contributed by atoms with E-state index in [1.165, 1.54) is 42.6 Å². The van der Waals surface area contributed by atoms with E-state index in [1.54, 1.807) is 0 Å². The van der Waals surface area contributed by atoms with E-state index in [4.69, 9.17) is 4.74 Å². The van der Waals surface area contributed by atoms with Crippen LogP contribution in [0.1, 0.15) is 76.0 Å². The van der Waals surface area contributed by atoms with Crippen molar-refractivity contribution < 1.29 is 9.53 Å². The maximum absolute atomic E-state index is 12.4. The standard InChI is InChI=1S/C29H43BrN2O2/c1-6-7-26(27-9-8-22(2)20-25(27)10-15-30)21-31-16-11-23(12-17-31)24-13-18-32(19-14-24)28(33)34-29(3,4)5/h6-10,15,20,23-24,26H,11-14,16-19,21H2,1-5H3/b7-6+,15-10+. The smallest absolute Gasteiger partial charge is 0.410 e. The highest BCUT2D eigenvalue weighted by molar-refractivity contribution is 9.11. The van der Waals surface area contributed by atoms with Gasteiger partial charge in [0.05, 0.1) is 0 Å². The molecule has 0 radical (unpaired) electrons. The molecule has 2 aliphatic heterocycles. The number of amides is 1. The predicted molar refractivity (Wildman–Crippen MR) is 146 cm³/mol. The summed E-state index contributed by atoms with van der Waals surface area (Å²) < 4.78 is 5.56. The number of halogens is 1. The minimum Gasteiger partial charge on any atom is -0.444 e. The summed E-state index contributed by atoms with van der Waals surface area (Å²) in [6, 6.07) is 6.81. The third-order valence-electron chi connectivity index (χ3n) is 7.25. The van der Waals surface area contributed by atoms with Crippen LogP contribution in [0.3, 0.4) is 0 Å². The van der Waals surface area contributed by atoms with Crippen molar-refractivity contribution >= 4 is 28.1 Å². The number of rotatable bonds is 6. The van der Waals surface area contributed by atoms with E-state index in [9.17, 15) is 4.79 Å². The first-order valence-corrected chi connectivity index (χ1v) is 13.8. The van der Waals surface area contributed by atoms with Gasteiger partial charge in [0.25, 0.3) is 0 Å². The molecule has 5 heteroatoms. The van der Waals surface area contributed by atoms with Crippen LogP contribution >= 0.6 is 15.9 Å². The molecule has 0 saturated carbocycles. The molecule has 2 aliphatic rings. The summed E-state index contributed by atoms with van der Waals surface area (Å²) in [7, 11) is 0. The molecular formula is C29H43BrN2O2. The number of likely N-dealkylation sites (tertiary alicyclic amines) is 2. The predicted octanol–water partition coefficient (Wildman–Crippen LogP) is 7.38. The normalized spacial score (nSPS) is 20.4. The van der Waals surface area contributed by atoms with Gasteiger partial charge in [-0.1, -0.05) is 51.8 Å². The van der Waals surface area contributed by atoms with Crippen molar-refractivity contribution in [3.63, 3.8) is 0 Å². The molecule has 4 nitrogen and oxygen atoms in total. The molecule has 0 aromatic heterocycles. The molecule has 1 unspecified atom stereocenters. The van der Waals surface area contributed by atoms with Crippen molar-refractivity contribution in [2.24, 2.45) is 11.8 Å². The van der Waals surface area contributed by atoms with Crippen molar-refractivity contribution in [3.8, 4) is 0 Å². The molecule has 0 spiro atoms. The number of aryl methyl sites for hydroxylation is 1. The number of piperidine rings is 2. The third-order valence-corrected chi connectivity index (χ3v) is 7.52. The fourth-order valence-electron chi connectivity index (χ4n) is 5.50. The summed E-state index contributed by atoms with van der Waals surface area (Å²) in [5.74, 6) is 1.92. The van der Waals surface area contributed by atoms with Gasteiger partial charge < -0.3 is 14.5 Å². The second kappa shape index (κ2) is 12.4. The number of hydrogen-bond donors (Lipinski definition) is 0. The summed E-state index contributed by atoms with van der Waals surface area (Å²) in [5.41, 5.74) is 3.57. The quantitative estimate of drug-likeness (QED) is 0.359. The van der Waals surface area contributed by atoms with E-state index in [0.717, 1.165) is 44.3 Å². The largest absolute Gasteiger partial charge is 0.444 e. The van der Waals surface area contributed by atoms with Crippen LogP contribution in [0.15, 0.2) is 35.3 Å². The number of carbonyl (C=O) groups is 1. The number of carbonyl (C=O) groups excluding carboxylic acids is 1. The summed E-state index contributed by atoms with van der Waals surface area (Å²) in [4.78, 5) is 18.9. The molecule has 1 atom stereocenters. The number of ether oxygens (including phenoxy) is 1. The summed E-state index contributed by atoms with van der Waals surface area (Å²) in [6.45, 7) is 15.2. The lowest BCUT2D eigenvalue weighted by molar-refractivity contribution is 0.0135. The second-order valence-electron chi connectivity index (χ2n) is 11.0. The van der Waals surface area contributed by atoms with Gasteiger partial charge in [0.15, 0.2) is 0 Å². The molecule has 3 rings (SSSR count). The van der Waals surface area contributed by atoms with Crippen molar-refractivity contribution in [2.75, 3.05) is 32.7 Å². The van der Waals surface area contributed by atoms with Crippen molar-refractivity contribution in [3.05, 3.63) is 52.0 Å². The zero-order valence-corrected chi connectivity index (χ0v) is 23.3. The number of nitrogens with zero attached hydrogens (tertiary/aromatic N) is 2. The topological polar surface area (TPSA) is 32.8 Å². The fourth-order valence-corrected chi connectivity index (χ4v) is 5.79. The average Bonchev–Trinajstić information content (AvgIpc) is 2.79. The van der Waals surface area contributed by atoms with Crippen LogP contribution in [0.4, 0.5) is 4.79 Å². The van der Waals surface area contributed by atoms with Gasteiger partial charge in [-0.3, -0.25) is 0 Å².